The fourth-order valence-electron chi connectivity index (χ4n) is 5.67. The van der Waals surface area contributed by atoms with Gasteiger partial charge in [0, 0.05) is 25.6 Å². The van der Waals surface area contributed by atoms with Crippen molar-refractivity contribution in [3.05, 3.63) is 34.9 Å². The Morgan fingerprint density at radius 3 is 2.60 bits per heavy atom. The van der Waals surface area contributed by atoms with Crippen LogP contribution in [0.25, 0.3) is 0 Å². The number of nitrogens with two attached hydrogens (primary N) is 1. The number of benzene rings is 1. The van der Waals surface area contributed by atoms with Gasteiger partial charge in [-0.05, 0) is 55.3 Å². The molecule has 158 valence electrons. The molecule has 8 heteroatoms. The lowest BCUT2D eigenvalue weighted by molar-refractivity contribution is -0.136. The lowest BCUT2D eigenvalue weighted by Crippen LogP contribution is -2.54. The number of amides is 4. The zero-order chi connectivity index (χ0) is 21.0. The van der Waals surface area contributed by atoms with Gasteiger partial charge in [0.1, 0.15) is 6.04 Å². The molecule has 2 saturated heterocycles. The summed E-state index contributed by atoms with van der Waals surface area (Å²) >= 11 is 0. The van der Waals surface area contributed by atoms with Crippen molar-refractivity contribution in [1.29, 1.82) is 0 Å². The van der Waals surface area contributed by atoms with Crippen LogP contribution in [-0.4, -0.2) is 58.6 Å². The van der Waals surface area contributed by atoms with E-state index in [1.807, 2.05) is 6.07 Å². The molecular weight excluding hydrogens is 384 g/mol. The maximum atomic E-state index is 13.0. The number of imide groups is 2. The van der Waals surface area contributed by atoms with E-state index >= 15 is 0 Å². The third-order valence-electron chi connectivity index (χ3n) is 7.35. The molecule has 3 aliphatic heterocycles. The van der Waals surface area contributed by atoms with Crippen LogP contribution >= 0.6 is 0 Å². The maximum Gasteiger partial charge on any atom is 0.262 e. The van der Waals surface area contributed by atoms with Crippen molar-refractivity contribution < 1.29 is 19.2 Å². The van der Waals surface area contributed by atoms with Crippen molar-refractivity contribution in [3.63, 3.8) is 0 Å². The van der Waals surface area contributed by atoms with Gasteiger partial charge in [-0.3, -0.25) is 34.3 Å². The second kappa shape index (κ2) is 6.99. The van der Waals surface area contributed by atoms with Gasteiger partial charge in [-0.25, -0.2) is 0 Å². The third kappa shape index (κ3) is 2.97. The molecule has 3 unspecified atom stereocenters. The van der Waals surface area contributed by atoms with E-state index in [0.717, 1.165) is 36.4 Å². The van der Waals surface area contributed by atoms with Crippen molar-refractivity contribution in [2.75, 3.05) is 13.1 Å². The fourth-order valence-corrected chi connectivity index (χ4v) is 5.67. The molecular formula is C22H26N4O4. The molecule has 30 heavy (non-hydrogen) atoms. The Bertz CT molecular complexity index is 960. The monoisotopic (exact) mass is 410 g/mol. The van der Waals surface area contributed by atoms with Crippen LogP contribution in [0.1, 0.15) is 64.8 Å². The number of nitrogens with zero attached hydrogens (tertiary/aromatic N) is 2. The van der Waals surface area contributed by atoms with Gasteiger partial charge >= 0.3 is 0 Å². The van der Waals surface area contributed by atoms with Crippen molar-refractivity contribution in [2.24, 2.45) is 11.1 Å². The highest BCUT2D eigenvalue weighted by Gasteiger charge is 2.46. The number of likely N-dealkylation sites (tertiary alicyclic amines) is 1. The summed E-state index contributed by atoms with van der Waals surface area (Å²) in [6.07, 6.45) is 4.87. The second-order valence-corrected chi connectivity index (χ2v) is 9.15. The summed E-state index contributed by atoms with van der Waals surface area (Å²) in [7, 11) is 0. The molecule has 0 radical (unpaired) electrons. The number of carbonyl (C=O) groups excluding carboxylic acids is 4. The van der Waals surface area contributed by atoms with Gasteiger partial charge in [-0.1, -0.05) is 12.5 Å². The van der Waals surface area contributed by atoms with Crippen LogP contribution in [0.3, 0.4) is 0 Å². The first-order chi connectivity index (χ1) is 14.4. The maximum absolute atomic E-state index is 13.0. The Kier molecular flexibility index (Phi) is 4.52. The van der Waals surface area contributed by atoms with E-state index in [2.05, 4.69) is 10.2 Å². The van der Waals surface area contributed by atoms with Gasteiger partial charge in [0.25, 0.3) is 11.8 Å². The first-order valence-corrected chi connectivity index (χ1v) is 10.7. The van der Waals surface area contributed by atoms with E-state index in [-0.39, 0.29) is 30.2 Å². The van der Waals surface area contributed by atoms with E-state index in [9.17, 15) is 19.2 Å². The van der Waals surface area contributed by atoms with Gasteiger partial charge in [0.05, 0.1) is 11.1 Å². The van der Waals surface area contributed by atoms with Crippen LogP contribution in [0.2, 0.25) is 0 Å². The molecule has 5 rings (SSSR count). The lowest BCUT2D eigenvalue weighted by atomic mass is 9.82. The van der Waals surface area contributed by atoms with Gasteiger partial charge in [-0.15, -0.1) is 0 Å². The number of nitrogens with one attached hydrogen (secondary N) is 1. The highest BCUT2D eigenvalue weighted by atomic mass is 16.2. The van der Waals surface area contributed by atoms with Gasteiger partial charge in [0.15, 0.2) is 0 Å². The summed E-state index contributed by atoms with van der Waals surface area (Å²) in [5.41, 5.74) is 8.24. The molecule has 1 aliphatic carbocycles. The SMILES string of the molecule is NC1CCCC12CCN(Cc1ccc3c(c1)C(=O)N(C1CCC(=O)NC1=O)C3=O)C2. The minimum Gasteiger partial charge on any atom is -0.327 e. The Hall–Kier alpha value is -2.58. The molecule has 1 aromatic carbocycles. The molecule has 1 aromatic rings. The molecule has 3 atom stereocenters. The Labute approximate surface area is 174 Å². The standard InChI is InChI=1S/C22H26N4O4/c23-17-2-1-7-22(17)8-9-25(12-22)11-13-3-4-14-15(10-13)21(30)26(20(14)29)16-5-6-18(27)24-19(16)28/h3-4,10,16-17H,1-2,5-9,11-12,23H2,(H,24,27,28). The quantitative estimate of drug-likeness (QED) is 0.713. The van der Waals surface area contributed by atoms with Crippen molar-refractivity contribution in [2.45, 2.75) is 57.2 Å². The van der Waals surface area contributed by atoms with Crippen molar-refractivity contribution in [3.8, 4) is 0 Å². The summed E-state index contributed by atoms with van der Waals surface area (Å²) in [6, 6.07) is 4.69. The smallest absolute Gasteiger partial charge is 0.262 e. The largest absolute Gasteiger partial charge is 0.327 e. The summed E-state index contributed by atoms with van der Waals surface area (Å²) in [4.78, 5) is 52.8. The molecule has 4 aliphatic rings. The molecule has 8 nitrogen and oxygen atoms in total. The Morgan fingerprint density at radius 2 is 1.87 bits per heavy atom. The zero-order valence-corrected chi connectivity index (χ0v) is 16.9. The topological polar surface area (TPSA) is 113 Å². The number of hydrogen-bond donors (Lipinski definition) is 2. The molecule has 3 fully saturated rings. The lowest BCUT2D eigenvalue weighted by Gasteiger charge is -2.28. The molecule has 1 saturated carbocycles. The number of fused-ring (bicyclic) bond motifs is 1. The number of hydrogen-bond acceptors (Lipinski definition) is 6. The fraction of sp³-hybridized carbons (Fsp3) is 0.545. The summed E-state index contributed by atoms with van der Waals surface area (Å²) in [6.45, 7) is 2.67. The van der Waals surface area contributed by atoms with E-state index in [0.29, 0.717) is 17.7 Å². The molecule has 1 spiro atoms. The first-order valence-electron chi connectivity index (χ1n) is 10.7. The molecule has 0 aromatic heterocycles. The van der Waals surface area contributed by atoms with Crippen LogP contribution in [0.15, 0.2) is 18.2 Å². The molecule has 3 heterocycles. The molecule has 3 N–H and O–H groups in total. The van der Waals surface area contributed by atoms with Gasteiger partial charge in [0.2, 0.25) is 11.8 Å². The van der Waals surface area contributed by atoms with E-state index in [1.54, 1.807) is 12.1 Å². The number of rotatable bonds is 3. The highest BCUT2D eigenvalue weighted by Crippen LogP contribution is 2.45. The molecule has 0 bridgehead atoms. The predicted molar refractivity (Wildman–Crippen MR) is 107 cm³/mol. The zero-order valence-electron chi connectivity index (χ0n) is 16.9. The number of carbonyl (C=O) groups is 4. The van der Waals surface area contributed by atoms with Crippen LogP contribution in [-0.2, 0) is 16.1 Å². The van der Waals surface area contributed by atoms with Crippen LogP contribution in [0.4, 0.5) is 0 Å². The minimum absolute atomic E-state index is 0.119. The highest BCUT2D eigenvalue weighted by molar-refractivity contribution is 6.23. The average molecular weight is 410 g/mol. The van der Waals surface area contributed by atoms with Crippen molar-refractivity contribution >= 4 is 23.6 Å². The van der Waals surface area contributed by atoms with Crippen molar-refractivity contribution in [1.82, 2.24) is 15.1 Å². The predicted octanol–water partition coefficient (Wildman–Crippen LogP) is 0.791. The second-order valence-electron chi connectivity index (χ2n) is 9.15. The van der Waals surface area contributed by atoms with E-state index < -0.39 is 23.8 Å². The summed E-state index contributed by atoms with van der Waals surface area (Å²) in [5.74, 6) is -1.88. The Balaban J connectivity index is 1.33. The normalized spacial score (nSPS) is 31.7. The minimum atomic E-state index is -0.930. The van der Waals surface area contributed by atoms with Crippen LogP contribution < -0.4 is 11.1 Å². The van der Waals surface area contributed by atoms with Crippen LogP contribution in [0.5, 0.6) is 0 Å². The van der Waals surface area contributed by atoms with Gasteiger partial charge in [-0.2, -0.15) is 0 Å². The van der Waals surface area contributed by atoms with E-state index in [1.165, 1.54) is 12.8 Å². The van der Waals surface area contributed by atoms with Crippen LogP contribution in [0, 0.1) is 5.41 Å². The third-order valence-corrected chi connectivity index (χ3v) is 7.35. The number of piperidine rings is 1. The van der Waals surface area contributed by atoms with E-state index in [4.69, 9.17) is 5.73 Å². The molecule has 4 amide bonds. The Morgan fingerprint density at radius 1 is 1.07 bits per heavy atom. The van der Waals surface area contributed by atoms with Gasteiger partial charge < -0.3 is 5.73 Å². The first kappa shape index (κ1) is 19.4. The summed E-state index contributed by atoms with van der Waals surface area (Å²) in [5, 5.41) is 2.22. The average Bonchev–Trinajstić information content (AvgIpc) is 3.35. The summed E-state index contributed by atoms with van der Waals surface area (Å²) < 4.78 is 0.